The third-order valence-electron chi connectivity index (χ3n) is 15.2. The maximum Gasteiger partial charge on any atom is 0.320 e. The molecule has 4 amide bonds. The molecular weight excluding hydrogens is 957 g/mol. The molecule has 0 spiro atoms. The number of carbonyl (C=O) groups excluding carboxylic acids is 2. The van der Waals surface area contributed by atoms with Crippen LogP contribution in [0.2, 0.25) is 0 Å². The molecule has 2 aliphatic rings. The van der Waals surface area contributed by atoms with Crippen molar-refractivity contribution in [1.82, 2.24) is 49.8 Å². The topological polar surface area (TPSA) is 192 Å². The Morgan fingerprint density at radius 2 is 1.11 bits per heavy atom. The third-order valence-corrected chi connectivity index (χ3v) is 15.2. The predicted octanol–water partition coefficient (Wildman–Crippen LogP) is 9.96. The van der Waals surface area contributed by atoms with Gasteiger partial charge in [-0.2, -0.15) is 20.4 Å². The van der Waals surface area contributed by atoms with Crippen molar-refractivity contribution in [2.45, 2.75) is 82.4 Å². The van der Waals surface area contributed by atoms with E-state index in [0.717, 1.165) is 70.0 Å². The van der Waals surface area contributed by atoms with Crippen LogP contribution in [-0.2, 0) is 23.6 Å². The van der Waals surface area contributed by atoms with Gasteiger partial charge in [-0.25, -0.2) is 19.0 Å². The maximum atomic E-state index is 13.6. The highest BCUT2D eigenvalue weighted by molar-refractivity contribution is 5.92. The number of methoxy groups -OCH3 is 2. The van der Waals surface area contributed by atoms with Crippen molar-refractivity contribution in [3.63, 3.8) is 0 Å². The second kappa shape index (κ2) is 23.8. The Morgan fingerprint density at radius 1 is 0.645 bits per heavy atom. The van der Waals surface area contributed by atoms with Crippen LogP contribution in [0, 0.1) is 25.7 Å². The third kappa shape index (κ3) is 12.0. The van der Waals surface area contributed by atoms with Crippen molar-refractivity contribution in [3.05, 3.63) is 168 Å². The second-order valence-electron chi connectivity index (χ2n) is 20.3. The van der Waals surface area contributed by atoms with Gasteiger partial charge in [0.1, 0.15) is 23.0 Å². The number of ether oxygens (including phenoxy) is 2. The van der Waals surface area contributed by atoms with Crippen LogP contribution in [0.1, 0.15) is 73.1 Å². The van der Waals surface area contributed by atoms with Gasteiger partial charge in [-0.3, -0.25) is 20.0 Å². The Hall–Kier alpha value is -7.86. The van der Waals surface area contributed by atoms with E-state index in [2.05, 4.69) is 62.7 Å². The molecule has 4 aromatic heterocycles. The summed E-state index contributed by atoms with van der Waals surface area (Å²) in [7, 11) is 7.12. The van der Waals surface area contributed by atoms with Crippen molar-refractivity contribution < 1.29 is 24.2 Å². The van der Waals surface area contributed by atoms with E-state index < -0.39 is 5.60 Å². The molecular formula is C59H70N12O5. The fraction of sp³-hybridized carbons (Fsp3) is 0.356. The van der Waals surface area contributed by atoms with Crippen molar-refractivity contribution in [3.8, 4) is 33.9 Å². The van der Waals surface area contributed by atoms with Gasteiger partial charge in [-0.1, -0.05) is 104 Å². The number of rotatable bonds is 16. The number of nitrogens with zero attached hydrogens (tertiary/aromatic N) is 8. The zero-order valence-corrected chi connectivity index (χ0v) is 44.4. The first-order valence-corrected chi connectivity index (χ1v) is 26.1. The first-order valence-electron chi connectivity index (χ1n) is 26.1. The molecule has 76 heavy (non-hydrogen) atoms. The number of anilines is 2. The molecule has 7 atom stereocenters. The molecule has 17 heteroatoms. The normalized spacial score (nSPS) is 20.9. The smallest absolute Gasteiger partial charge is 0.320 e. The van der Waals surface area contributed by atoms with Crippen LogP contribution in [0.5, 0.6) is 0 Å². The van der Waals surface area contributed by atoms with Gasteiger partial charge in [0, 0.05) is 100 Å². The minimum Gasteiger partial charge on any atom is -0.390 e. The molecule has 0 unspecified atom stereocenters. The molecule has 4 aromatic carbocycles. The van der Waals surface area contributed by atoms with E-state index in [1.807, 2.05) is 137 Å². The summed E-state index contributed by atoms with van der Waals surface area (Å²) in [5.41, 5.74) is 8.16. The lowest BCUT2D eigenvalue weighted by atomic mass is 9.84. The van der Waals surface area contributed by atoms with Gasteiger partial charge in [0.15, 0.2) is 0 Å². The summed E-state index contributed by atoms with van der Waals surface area (Å²) in [6, 6.07) is 39.3. The van der Waals surface area contributed by atoms with Crippen molar-refractivity contribution in [2.24, 2.45) is 25.9 Å². The SMILES string of the molecule is COCC[C@@H]1C[C@@H](NC(=O)Nc2c(C)c(-c3cnn(C)c3)nn2-c2ccccc2)[C@H](c2ccccc2)[C@@H]1C.COCC[C@]1(O)C[C@@H](NC(=O)Nc2c(C)c(-c3cnn(C)c3)nn2-c2ccccc2)[C@H](c2ccccc2)C1. The van der Waals surface area contributed by atoms with Crippen molar-refractivity contribution >= 4 is 23.7 Å². The molecule has 17 nitrogen and oxygen atoms in total. The zero-order chi connectivity index (χ0) is 53.3. The molecule has 4 heterocycles. The molecule has 2 fully saturated rings. The minimum absolute atomic E-state index is 0.0143. The number of carbonyl (C=O) groups is 2. The molecule has 0 saturated heterocycles. The lowest BCUT2D eigenvalue weighted by Gasteiger charge is -2.25. The summed E-state index contributed by atoms with van der Waals surface area (Å²) in [5, 5.41) is 42.3. The molecule has 0 bridgehead atoms. The lowest BCUT2D eigenvalue weighted by molar-refractivity contribution is 0.0119. The molecule has 0 radical (unpaired) electrons. The number of urea groups is 2. The van der Waals surface area contributed by atoms with Crippen LogP contribution in [0.3, 0.4) is 0 Å². The number of para-hydroxylation sites is 2. The van der Waals surface area contributed by atoms with E-state index >= 15 is 0 Å². The Morgan fingerprint density at radius 3 is 1.57 bits per heavy atom. The largest absolute Gasteiger partial charge is 0.390 e. The predicted molar refractivity (Wildman–Crippen MR) is 296 cm³/mol. The standard InChI is InChI=1S/C30H36N6O2.C29H34N6O3/c1-20-23(15-16-38-4)17-26(27(20)22-11-7-5-8-12-22)32-30(37)33-29-21(2)28(24-18-31-35(3)19-24)34-36(29)25-13-9-6-10-14-25;1-20-26(22-18-30-34(2)19-22)33-35(23-12-8-5-9-13-23)27(20)32-28(36)31-25-17-29(37,14-15-38-3)16-24(25)21-10-6-4-7-11-21/h5-14,18-20,23,26-27H,15-17H2,1-4H3,(H2,32,33,37);4-13,18-19,24-25,37H,14-17H2,1-3H3,(H2,31,32,36)/t20-,23-,26-,27+;24-,25+,29+/m10/s1. The van der Waals surface area contributed by atoms with E-state index in [1.54, 1.807) is 45.3 Å². The minimum atomic E-state index is -0.913. The van der Waals surface area contributed by atoms with E-state index in [4.69, 9.17) is 19.7 Å². The number of aliphatic hydroxyl groups is 1. The van der Waals surface area contributed by atoms with Gasteiger partial charge in [0.05, 0.1) is 29.4 Å². The quantitative estimate of drug-likeness (QED) is 0.0627. The van der Waals surface area contributed by atoms with Crippen LogP contribution in [-0.4, -0.2) is 101 Å². The van der Waals surface area contributed by atoms with Gasteiger partial charge < -0.3 is 25.2 Å². The monoisotopic (exact) mass is 1030 g/mol. The van der Waals surface area contributed by atoms with Gasteiger partial charge in [0.25, 0.3) is 0 Å². The van der Waals surface area contributed by atoms with Crippen LogP contribution in [0.25, 0.3) is 33.9 Å². The number of hydrogen-bond acceptors (Lipinski definition) is 9. The fourth-order valence-corrected chi connectivity index (χ4v) is 11.3. The molecule has 5 N–H and O–H groups in total. The number of benzene rings is 4. The van der Waals surface area contributed by atoms with Crippen LogP contribution in [0.4, 0.5) is 21.2 Å². The van der Waals surface area contributed by atoms with Crippen LogP contribution >= 0.6 is 0 Å². The van der Waals surface area contributed by atoms with Crippen LogP contribution < -0.4 is 21.3 Å². The summed E-state index contributed by atoms with van der Waals surface area (Å²) in [6.45, 7) is 7.41. The first kappa shape index (κ1) is 53.0. The number of nitrogens with one attached hydrogen (secondary N) is 4. The van der Waals surface area contributed by atoms with Crippen molar-refractivity contribution in [2.75, 3.05) is 38.1 Å². The van der Waals surface area contributed by atoms with E-state index in [1.165, 1.54) is 5.56 Å². The zero-order valence-electron chi connectivity index (χ0n) is 44.4. The summed E-state index contributed by atoms with van der Waals surface area (Å²) < 4.78 is 17.6. The van der Waals surface area contributed by atoms with Crippen LogP contribution in [0.15, 0.2) is 146 Å². The number of hydrogen-bond donors (Lipinski definition) is 5. The number of aromatic nitrogens is 8. The highest BCUT2D eigenvalue weighted by atomic mass is 16.5. The molecule has 8 aromatic rings. The Bertz CT molecular complexity index is 3030. The Kier molecular flexibility index (Phi) is 16.6. The van der Waals surface area contributed by atoms with E-state index in [0.29, 0.717) is 49.3 Å². The molecule has 0 aliphatic heterocycles. The number of amides is 4. The van der Waals surface area contributed by atoms with Gasteiger partial charge in [0.2, 0.25) is 0 Å². The average molecular weight is 1030 g/mol. The Labute approximate surface area is 444 Å². The van der Waals surface area contributed by atoms with Gasteiger partial charge >= 0.3 is 12.1 Å². The summed E-state index contributed by atoms with van der Waals surface area (Å²) in [6.07, 6.45) is 10.8. The van der Waals surface area contributed by atoms with E-state index in [-0.39, 0.29) is 36.0 Å². The highest BCUT2D eigenvalue weighted by Gasteiger charge is 2.45. The average Bonchev–Trinajstić information content (AvgIpc) is 4.32. The summed E-state index contributed by atoms with van der Waals surface area (Å²) in [5.74, 6) is 2.33. The molecule has 2 aliphatic carbocycles. The molecule has 2 saturated carbocycles. The van der Waals surface area contributed by atoms with Gasteiger partial charge in [-0.05, 0) is 93.2 Å². The highest BCUT2D eigenvalue weighted by Crippen LogP contribution is 2.46. The fourth-order valence-electron chi connectivity index (χ4n) is 11.3. The first-order chi connectivity index (χ1) is 36.8. The Balaban J connectivity index is 0.000000186. The number of aryl methyl sites for hydroxylation is 2. The van der Waals surface area contributed by atoms with Crippen molar-refractivity contribution in [1.29, 1.82) is 0 Å². The molecule has 396 valence electrons. The lowest BCUT2D eigenvalue weighted by Crippen LogP contribution is -2.41. The maximum absolute atomic E-state index is 13.6. The second-order valence-corrected chi connectivity index (χ2v) is 20.3. The van der Waals surface area contributed by atoms with Gasteiger partial charge in [-0.15, -0.1) is 0 Å². The summed E-state index contributed by atoms with van der Waals surface area (Å²) in [4.78, 5) is 27.0. The summed E-state index contributed by atoms with van der Waals surface area (Å²) >= 11 is 0. The van der Waals surface area contributed by atoms with E-state index in [9.17, 15) is 14.7 Å². The molecule has 10 rings (SSSR count).